The summed E-state index contributed by atoms with van der Waals surface area (Å²) in [5.74, 6) is 6.56. The lowest BCUT2D eigenvalue weighted by molar-refractivity contribution is 0.818. The Balaban J connectivity index is 0.00000137. The van der Waals surface area contributed by atoms with Crippen LogP contribution < -0.4 is 21.9 Å². The number of nitrogen functional groups attached to an aromatic ring is 1. The summed E-state index contributed by atoms with van der Waals surface area (Å²) in [6.45, 7) is 6.91. The molecule has 1 aromatic carbocycles. The van der Waals surface area contributed by atoms with E-state index in [2.05, 4.69) is 17.2 Å². The van der Waals surface area contributed by atoms with Gasteiger partial charge < -0.3 is 11.1 Å². The van der Waals surface area contributed by atoms with E-state index in [0.29, 0.717) is 11.6 Å². The molecule has 5 N–H and O–H groups in total. The normalized spacial score (nSPS) is 10.4. The number of nitrogens with one attached hydrogen (secondary N) is 1. The minimum Gasteiger partial charge on any atom is -0.397 e. The summed E-state index contributed by atoms with van der Waals surface area (Å²) in [6, 6.07) is 7.42. The van der Waals surface area contributed by atoms with Gasteiger partial charge in [0.2, 0.25) is 5.96 Å². The zero-order chi connectivity index (χ0) is 14.0. The highest BCUT2D eigenvalue weighted by molar-refractivity contribution is 5.97. The average molecular weight is 251 g/mol. The quantitative estimate of drug-likeness (QED) is 0.252. The number of benzene rings is 1. The second-order valence-corrected chi connectivity index (χ2v) is 3.40. The van der Waals surface area contributed by atoms with Crippen LogP contribution in [-0.2, 0) is 0 Å². The minimum absolute atomic E-state index is 0.611. The van der Waals surface area contributed by atoms with Crippen molar-refractivity contribution >= 4 is 17.3 Å². The van der Waals surface area contributed by atoms with Crippen molar-refractivity contribution in [2.75, 3.05) is 24.3 Å². The molecule has 0 heterocycles. The van der Waals surface area contributed by atoms with E-state index in [1.807, 2.05) is 38.1 Å². The van der Waals surface area contributed by atoms with Crippen molar-refractivity contribution in [3.05, 3.63) is 24.3 Å². The lowest BCUT2D eigenvalue weighted by atomic mass is 10.2. The SMILES string of the molecule is CC.CCCNC(=NC)N(N)c1ccccc1N. The highest BCUT2D eigenvalue weighted by Crippen LogP contribution is 2.19. The van der Waals surface area contributed by atoms with Crippen molar-refractivity contribution in [2.45, 2.75) is 27.2 Å². The Bertz CT molecular complexity index is 362. The molecule has 0 saturated carbocycles. The first-order valence-corrected chi connectivity index (χ1v) is 6.30. The molecule has 0 aliphatic carbocycles. The smallest absolute Gasteiger partial charge is 0.213 e. The summed E-state index contributed by atoms with van der Waals surface area (Å²) < 4.78 is 0. The van der Waals surface area contributed by atoms with Gasteiger partial charge in [0.15, 0.2) is 0 Å². The first-order valence-electron chi connectivity index (χ1n) is 6.30. The Morgan fingerprint density at radius 1 is 1.33 bits per heavy atom. The zero-order valence-corrected chi connectivity index (χ0v) is 11.8. The molecule has 5 nitrogen and oxygen atoms in total. The number of guanidine groups is 1. The number of nitrogens with zero attached hydrogens (tertiary/aromatic N) is 2. The zero-order valence-electron chi connectivity index (χ0n) is 11.8. The summed E-state index contributed by atoms with van der Waals surface area (Å²) in [5.41, 5.74) is 7.21. The molecule has 102 valence electrons. The fourth-order valence-corrected chi connectivity index (χ4v) is 1.33. The molecule has 0 bridgehead atoms. The largest absolute Gasteiger partial charge is 0.397 e. The summed E-state index contributed by atoms with van der Waals surface area (Å²) in [4.78, 5) is 4.09. The van der Waals surface area contributed by atoms with Gasteiger partial charge in [-0.3, -0.25) is 4.99 Å². The van der Waals surface area contributed by atoms with Crippen LogP contribution >= 0.6 is 0 Å². The molecule has 0 spiro atoms. The molecular formula is C13H25N5. The van der Waals surface area contributed by atoms with Gasteiger partial charge in [-0.05, 0) is 18.6 Å². The lowest BCUT2D eigenvalue weighted by Crippen LogP contribution is -2.46. The Kier molecular flexibility index (Phi) is 8.39. The Morgan fingerprint density at radius 3 is 2.44 bits per heavy atom. The molecule has 0 aliphatic rings. The number of anilines is 2. The predicted octanol–water partition coefficient (Wildman–Crippen LogP) is 1.96. The number of aliphatic imine (C=N–C) groups is 1. The summed E-state index contributed by atoms with van der Waals surface area (Å²) in [5, 5.41) is 4.60. The fourth-order valence-electron chi connectivity index (χ4n) is 1.33. The maximum absolute atomic E-state index is 5.95. The van der Waals surface area contributed by atoms with Crippen molar-refractivity contribution < 1.29 is 0 Å². The molecule has 0 amide bonds. The van der Waals surface area contributed by atoms with E-state index in [1.165, 1.54) is 5.01 Å². The maximum Gasteiger partial charge on any atom is 0.213 e. The summed E-state index contributed by atoms with van der Waals surface area (Å²) in [7, 11) is 1.69. The van der Waals surface area contributed by atoms with Crippen molar-refractivity contribution in [1.82, 2.24) is 5.32 Å². The second kappa shape index (κ2) is 9.30. The molecule has 18 heavy (non-hydrogen) atoms. The summed E-state index contributed by atoms with van der Waals surface area (Å²) >= 11 is 0. The van der Waals surface area contributed by atoms with Gasteiger partial charge in [-0.1, -0.05) is 32.9 Å². The molecule has 0 aliphatic heterocycles. The number of hydrogen-bond donors (Lipinski definition) is 3. The van der Waals surface area contributed by atoms with Gasteiger partial charge in [0, 0.05) is 13.6 Å². The topological polar surface area (TPSA) is 79.7 Å². The van der Waals surface area contributed by atoms with Gasteiger partial charge in [0.05, 0.1) is 11.4 Å². The molecule has 1 aromatic rings. The van der Waals surface area contributed by atoms with Gasteiger partial charge in [0.25, 0.3) is 0 Å². The second-order valence-electron chi connectivity index (χ2n) is 3.40. The van der Waals surface area contributed by atoms with Crippen molar-refractivity contribution in [1.29, 1.82) is 0 Å². The first-order chi connectivity index (χ1) is 8.70. The van der Waals surface area contributed by atoms with E-state index in [4.69, 9.17) is 11.6 Å². The van der Waals surface area contributed by atoms with Crippen LogP contribution in [0.15, 0.2) is 29.3 Å². The monoisotopic (exact) mass is 251 g/mol. The number of hydrazine groups is 1. The molecule has 1 rings (SSSR count). The van der Waals surface area contributed by atoms with Crippen molar-refractivity contribution in [2.24, 2.45) is 10.8 Å². The number of para-hydroxylation sites is 2. The third-order valence-corrected chi connectivity index (χ3v) is 2.17. The van der Waals surface area contributed by atoms with Gasteiger partial charge in [-0.25, -0.2) is 10.9 Å². The molecule has 0 saturated heterocycles. The number of hydrogen-bond acceptors (Lipinski definition) is 3. The molecule has 0 atom stereocenters. The average Bonchev–Trinajstić information content (AvgIpc) is 2.42. The van der Waals surface area contributed by atoms with E-state index in [1.54, 1.807) is 7.05 Å². The maximum atomic E-state index is 5.95. The van der Waals surface area contributed by atoms with Gasteiger partial charge in [-0.15, -0.1) is 0 Å². The Morgan fingerprint density at radius 2 is 1.94 bits per heavy atom. The number of rotatable bonds is 3. The standard InChI is InChI=1S/C11H19N5.C2H6/c1-3-8-15-11(14-2)16(13)10-7-5-4-6-9(10)12;1-2/h4-7H,3,8,12-13H2,1-2H3,(H,14,15);1-2H3. The van der Waals surface area contributed by atoms with Crippen LogP contribution in [0.5, 0.6) is 0 Å². The van der Waals surface area contributed by atoms with Crippen LogP contribution in [0.4, 0.5) is 11.4 Å². The molecule has 0 aromatic heterocycles. The van der Waals surface area contributed by atoms with Crippen LogP contribution in [0.25, 0.3) is 0 Å². The van der Waals surface area contributed by atoms with Crippen molar-refractivity contribution in [3.8, 4) is 0 Å². The molecule has 0 radical (unpaired) electrons. The Labute approximate surface area is 110 Å². The Hall–Kier alpha value is -1.75. The highest BCUT2D eigenvalue weighted by atomic mass is 15.5. The van der Waals surface area contributed by atoms with Crippen LogP contribution in [0.2, 0.25) is 0 Å². The van der Waals surface area contributed by atoms with Gasteiger partial charge in [-0.2, -0.15) is 0 Å². The fraction of sp³-hybridized carbons (Fsp3) is 0.462. The minimum atomic E-state index is 0.611. The van der Waals surface area contributed by atoms with Crippen LogP contribution in [0.1, 0.15) is 27.2 Å². The van der Waals surface area contributed by atoms with E-state index < -0.39 is 0 Å². The molecular weight excluding hydrogens is 226 g/mol. The van der Waals surface area contributed by atoms with E-state index >= 15 is 0 Å². The molecule has 5 heteroatoms. The number of nitrogens with two attached hydrogens (primary N) is 2. The third-order valence-electron chi connectivity index (χ3n) is 2.17. The van der Waals surface area contributed by atoms with Gasteiger partial charge in [0.1, 0.15) is 0 Å². The predicted molar refractivity (Wildman–Crippen MR) is 80.5 cm³/mol. The van der Waals surface area contributed by atoms with Crippen LogP contribution in [-0.4, -0.2) is 19.6 Å². The lowest BCUT2D eigenvalue weighted by Gasteiger charge is -2.22. The van der Waals surface area contributed by atoms with E-state index in [9.17, 15) is 0 Å². The van der Waals surface area contributed by atoms with Crippen LogP contribution in [0, 0.1) is 0 Å². The third kappa shape index (κ3) is 4.63. The van der Waals surface area contributed by atoms with E-state index in [-0.39, 0.29) is 0 Å². The van der Waals surface area contributed by atoms with Crippen LogP contribution in [0.3, 0.4) is 0 Å². The van der Waals surface area contributed by atoms with Gasteiger partial charge >= 0.3 is 0 Å². The van der Waals surface area contributed by atoms with E-state index in [0.717, 1.165) is 18.7 Å². The summed E-state index contributed by atoms with van der Waals surface area (Å²) in [6.07, 6.45) is 1.01. The molecule has 0 unspecified atom stereocenters. The molecule has 0 fully saturated rings. The highest BCUT2D eigenvalue weighted by Gasteiger charge is 2.10. The van der Waals surface area contributed by atoms with Crippen molar-refractivity contribution in [3.63, 3.8) is 0 Å². The first kappa shape index (κ1) is 16.2.